The van der Waals surface area contributed by atoms with Gasteiger partial charge < -0.3 is 9.84 Å². The van der Waals surface area contributed by atoms with Gasteiger partial charge >= 0.3 is 0 Å². The van der Waals surface area contributed by atoms with Gasteiger partial charge in [0.1, 0.15) is 0 Å². The molecule has 1 atom stereocenters. The van der Waals surface area contributed by atoms with E-state index in [0.717, 1.165) is 19.4 Å². The fourth-order valence-corrected chi connectivity index (χ4v) is 3.83. The third kappa shape index (κ3) is 4.64. The maximum Gasteiger partial charge on any atom is 0.238 e. The fourth-order valence-electron chi connectivity index (χ4n) is 2.92. The minimum Gasteiger partial charge on any atom is -0.339 e. The molecule has 134 valence electrons. The average Bonchev–Trinajstić information content (AvgIpc) is 2.98. The molecule has 9 heteroatoms. The number of aryl methyl sites for hydroxylation is 1. The number of hydrogen-bond acceptors (Lipinski definition) is 5. The average molecular weight is 404 g/mol. The van der Waals surface area contributed by atoms with Crippen molar-refractivity contribution in [2.45, 2.75) is 25.7 Å². The minimum absolute atomic E-state index is 0.144. The summed E-state index contributed by atoms with van der Waals surface area (Å²) in [4.78, 5) is 18.7. The van der Waals surface area contributed by atoms with Crippen LogP contribution in [0, 0.1) is 6.92 Å². The highest BCUT2D eigenvalue weighted by atomic mass is 35.5. The molecule has 1 saturated heterocycles. The van der Waals surface area contributed by atoms with E-state index in [1.165, 1.54) is 0 Å². The molecule has 1 amide bonds. The van der Waals surface area contributed by atoms with Crippen LogP contribution in [0.25, 0.3) is 0 Å². The summed E-state index contributed by atoms with van der Waals surface area (Å²) in [6, 6.07) is 3.08. The molecule has 0 aliphatic carbocycles. The third-order valence-electron chi connectivity index (χ3n) is 4.04. The molecule has 6 nitrogen and oxygen atoms in total. The number of benzene rings is 1. The van der Waals surface area contributed by atoms with E-state index in [-0.39, 0.29) is 18.4 Å². The Labute approximate surface area is 160 Å². The second kappa shape index (κ2) is 7.91. The maximum absolute atomic E-state index is 12.4. The van der Waals surface area contributed by atoms with Gasteiger partial charge in [-0.25, -0.2) is 0 Å². The standard InChI is InChI=1S/C16H17Cl3N4O2/c1-9-20-16(25-22-9)10-3-2-4-23(7-10)8-14(24)21-15-12(18)5-11(17)6-13(15)19/h5-6,10H,2-4,7-8H2,1H3,(H,21,24)/t10-/m0/s1. The number of hydrogen-bond donors (Lipinski definition) is 1. The number of piperidine rings is 1. The molecule has 1 fully saturated rings. The van der Waals surface area contributed by atoms with Crippen LogP contribution in [0.15, 0.2) is 16.7 Å². The molecule has 0 bridgehead atoms. The number of anilines is 1. The van der Waals surface area contributed by atoms with Crippen molar-refractivity contribution in [2.75, 3.05) is 25.0 Å². The van der Waals surface area contributed by atoms with Crippen molar-refractivity contribution in [1.82, 2.24) is 15.0 Å². The van der Waals surface area contributed by atoms with Crippen LogP contribution in [-0.2, 0) is 4.79 Å². The highest BCUT2D eigenvalue weighted by molar-refractivity contribution is 6.42. The van der Waals surface area contributed by atoms with Crippen molar-refractivity contribution < 1.29 is 9.32 Å². The van der Waals surface area contributed by atoms with E-state index in [1.54, 1.807) is 19.1 Å². The zero-order valence-corrected chi connectivity index (χ0v) is 15.8. The summed E-state index contributed by atoms with van der Waals surface area (Å²) < 4.78 is 5.26. The first kappa shape index (κ1) is 18.5. The Hall–Kier alpha value is -1.34. The van der Waals surface area contributed by atoms with E-state index in [9.17, 15) is 4.79 Å². The molecule has 2 heterocycles. The number of carbonyl (C=O) groups excluding carboxylic acids is 1. The largest absolute Gasteiger partial charge is 0.339 e. The lowest BCUT2D eigenvalue weighted by Gasteiger charge is -2.30. The van der Waals surface area contributed by atoms with E-state index in [2.05, 4.69) is 20.4 Å². The summed E-state index contributed by atoms with van der Waals surface area (Å²) in [5, 5.41) is 7.63. The number of carbonyl (C=O) groups is 1. The first-order valence-corrected chi connectivity index (χ1v) is 9.02. The molecule has 1 aliphatic heterocycles. The number of nitrogens with zero attached hydrogens (tertiary/aromatic N) is 3. The van der Waals surface area contributed by atoms with Crippen molar-refractivity contribution in [3.63, 3.8) is 0 Å². The van der Waals surface area contributed by atoms with Crippen LogP contribution in [-0.4, -0.2) is 40.6 Å². The second-order valence-corrected chi connectivity index (χ2v) is 7.30. The predicted octanol–water partition coefficient (Wildman–Crippen LogP) is 4.16. The Morgan fingerprint density at radius 2 is 2.08 bits per heavy atom. The molecular formula is C16H17Cl3N4O2. The predicted molar refractivity (Wildman–Crippen MR) is 97.6 cm³/mol. The number of halogens is 3. The quantitative estimate of drug-likeness (QED) is 0.830. The molecule has 0 radical (unpaired) electrons. The first-order chi connectivity index (χ1) is 11.9. The Morgan fingerprint density at radius 1 is 1.36 bits per heavy atom. The normalized spacial score (nSPS) is 18.3. The van der Waals surface area contributed by atoms with Gasteiger partial charge in [0.2, 0.25) is 11.8 Å². The van der Waals surface area contributed by atoms with Crippen LogP contribution in [0.4, 0.5) is 5.69 Å². The maximum atomic E-state index is 12.4. The number of likely N-dealkylation sites (tertiary alicyclic amines) is 1. The van der Waals surface area contributed by atoms with Crippen LogP contribution in [0.3, 0.4) is 0 Å². The molecule has 1 aliphatic rings. The number of rotatable bonds is 4. The zero-order valence-electron chi connectivity index (χ0n) is 13.6. The Balaban J connectivity index is 1.61. The van der Waals surface area contributed by atoms with Crippen LogP contribution >= 0.6 is 34.8 Å². The smallest absolute Gasteiger partial charge is 0.238 e. The minimum atomic E-state index is -0.187. The summed E-state index contributed by atoms with van der Waals surface area (Å²) >= 11 is 18.1. The van der Waals surface area contributed by atoms with Crippen LogP contribution in [0.2, 0.25) is 15.1 Å². The molecule has 1 aromatic carbocycles. The molecule has 0 saturated carbocycles. The van der Waals surface area contributed by atoms with Gasteiger partial charge in [0.05, 0.1) is 28.2 Å². The Morgan fingerprint density at radius 3 is 2.72 bits per heavy atom. The summed E-state index contributed by atoms with van der Waals surface area (Å²) in [5.41, 5.74) is 0.374. The van der Waals surface area contributed by atoms with Gasteiger partial charge in [-0.05, 0) is 38.4 Å². The first-order valence-electron chi connectivity index (χ1n) is 7.89. The van der Waals surface area contributed by atoms with Gasteiger partial charge in [0, 0.05) is 11.6 Å². The molecule has 2 aromatic rings. The summed E-state index contributed by atoms with van der Waals surface area (Å²) in [5.74, 6) is 1.21. The molecule has 25 heavy (non-hydrogen) atoms. The number of amides is 1. The third-order valence-corrected chi connectivity index (χ3v) is 4.85. The van der Waals surface area contributed by atoms with Gasteiger partial charge in [0.25, 0.3) is 0 Å². The van der Waals surface area contributed by atoms with E-state index in [0.29, 0.717) is 39.0 Å². The van der Waals surface area contributed by atoms with Crippen molar-refractivity contribution in [2.24, 2.45) is 0 Å². The van der Waals surface area contributed by atoms with Crippen molar-refractivity contribution in [1.29, 1.82) is 0 Å². The summed E-state index contributed by atoms with van der Waals surface area (Å²) in [7, 11) is 0. The van der Waals surface area contributed by atoms with Gasteiger partial charge in [-0.3, -0.25) is 9.69 Å². The highest BCUT2D eigenvalue weighted by Crippen LogP contribution is 2.33. The van der Waals surface area contributed by atoms with E-state index in [1.807, 2.05) is 0 Å². The van der Waals surface area contributed by atoms with Crippen molar-refractivity contribution in [3.8, 4) is 0 Å². The molecule has 1 aromatic heterocycles. The molecular weight excluding hydrogens is 387 g/mol. The Bertz CT molecular complexity index is 757. The highest BCUT2D eigenvalue weighted by Gasteiger charge is 2.27. The summed E-state index contributed by atoms with van der Waals surface area (Å²) in [6.45, 7) is 3.55. The second-order valence-electron chi connectivity index (χ2n) is 6.05. The zero-order chi connectivity index (χ0) is 18.0. The molecule has 0 spiro atoms. The van der Waals surface area contributed by atoms with E-state index >= 15 is 0 Å². The van der Waals surface area contributed by atoms with Crippen LogP contribution in [0.1, 0.15) is 30.5 Å². The van der Waals surface area contributed by atoms with Crippen LogP contribution in [0.5, 0.6) is 0 Å². The van der Waals surface area contributed by atoms with E-state index in [4.69, 9.17) is 39.3 Å². The number of aromatic nitrogens is 2. The van der Waals surface area contributed by atoms with Gasteiger partial charge in [-0.15, -0.1) is 0 Å². The number of nitrogens with one attached hydrogen (secondary N) is 1. The lowest BCUT2D eigenvalue weighted by atomic mass is 9.98. The molecule has 1 N–H and O–H groups in total. The lowest BCUT2D eigenvalue weighted by Crippen LogP contribution is -2.39. The van der Waals surface area contributed by atoms with Gasteiger partial charge in [0.15, 0.2) is 5.82 Å². The molecule has 3 rings (SSSR count). The van der Waals surface area contributed by atoms with E-state index < -0.39 is 0 Å². The molecule has 0 unspecified atom stereocenters. The van der Waals surface area contributed by atoms with Crippen LogP contribution < -0.4 is 5.32 Å². The summed E-state index contributed by atoms with van der Waals surface area (Å²) in [6.07, 6.45) is 1.93. The monoisotopic (exact) mass is 402 g/mol. The van der Waals surface area contributed by atoms with Crippen molar-refractivity contribution >= 4 is 46.4 Å². The topological polar surface area (TPSA) is 71.3 Å². The fraction of sp³-hybridized carbons (Fsp3) is 0.438. The lowest BCUT2D eigenvalue weighted by molar-refractivity contribution is -0.117. The van der Waals surface area contributed by atoms with Crippen molar-refractivity contribution in [3.05, 3.63) is 38.9 Å². The SMILES string of the molecule is Cc1noc([C@H]2CCCN(CC(=O)Nc3c(Cl)cc(Cl)cc3Cl)C2)n1. The Kier molecular flexibility index (Phi) is 5.84. The van der Waals surface area contributed by atoms with Gasteiger partial charge in [-0.2, -0.15) is 4.98 Å². The van der Waals surface area contributed by atoms with Gasteiger partial charge in [-0.1, -0.05) is 40.0 Å².